The van der Waals surface area contributed by atoms with Crippen LogP contribution < -0.4 is 21.3 Å². The Balaban J connectivity index is 1.69. The standard InChI is InChI=1S/C35H51N5O7/c1-11-12-23(27(42)30(44)37-18-24(41)36-17-21-15-13-20(2)14-16-21)38-29(43)26-25-22(35(25,9)10)19-40(26)31(45)28(33(3,4)5)39-32(46)47-34(6,7)8/h11,13-16,22-23,25-26,28H,1,12,17-19H2,2-10H3,(H,36,41)(H,37,44)(H,38,43)(H,39,46)/t22?,23?,25?,26-,28+/m0/s1. The minimum Gasteiger partial charge on any atom is -0.444 e. The predicted octanol–water partition coefficient (Wildman–Crippen LogP) is 2.78. The van der Waals surface area contributed by atoms with E-state index in [0.29, 0.717) is 6.54 Å². The van der Waals surface area contributed by atoms with Gasteiger partial charge in [-0.2, -0.15) is 0 Å². The Kier molecular flexibility index (Phi) is 11.3. The number of Topliss-reactive ketones (excluding diaryl/α,β-unsaturated/α-hetero) is 1. The summed E-state index contributed by atoms with van der Waals surface area (Å²) >= 11 is 0. The molecule has 0 spiro atoms. The predicted molar refractivity (Wildman–Crippen MR) is 177 cm³/mol. The topological polar surface area (TPSA) is 163 Å². The largest absolute Gasteiger partial charge is 0.444 e. The average molecular weight is 654 g/mol. The molecule has 1 aliphatic carbocycles. The highest BCUT2D eigenvalue weighted by Gasteiger charge is 2.70. The lowest BCUT2D eigenvalue weighted by atomic mass is 9.85. The number of likely N-dealkylation sites (tertiary alicyclic amines) is 1. The third-order valence-corrected chi connectivity index (χ3v) is 8.81. The van der Waals surface area contributed by atoms with Crippen molar-refractivity contribution in [3.05, 3.63) is 48.0 Å². The van der Waals surface area contributed by atoms with Gasteiger partial charge in [-0.3, -0.25) is 24.0 Å². The molecule has 47 heavy (non-hydrogen) atoms. The summed E-state index contributed by atoms with van der Waals surface area (Å²) in [5, 5.41) is 10.4. The van der Waals surface area contributed by atoms with Crippen molar-refractivity contribution >= 4 is 35.5 Å². The van der Waals surface area contributed by atoms with Gasteiger partial charge in [0.1, 0.15) is 23.7 Å². The molecule has 5 amide bonds. The molecule has 12 heteroatoms. The Hall–Kier alpha value is -4.22. The molecule has 1 heterocycles. The van der Waals surface area contributed by atoms with Gasteiger partial charge < -0.3 is 30.9 Å². The van der Waals surface area contributed by atoms with Crippen molar-refractivity contribution < 1.29 is 33.5 Å². The van der Waals surface area contributed by atoms with E-state index in [1.54, 1.807) is 20.8 Å². The monoisotopic (exact) mass is 653 g/mol. The number of carbonyl (C=O) groups is 6. The van der Waals surface area contributed by atoms with E-state index in [4.69, 9.17) is 4.74 Å². The number of carbonyl (C=O) groups excluding carboxylic acids is 6. The van der Waals surface area contributed by atoms with Gasteiger partial charge in [0.25, 0.3) is 5.91 Å². The molecule has 1 aromatic rings. The minimum absolute atomic E-state index is 0.0411. The second kappa shape index (κ2) is 14.3. The first-order valence-electron chi connectivity index (χ1n) is 16.0. The summed E-state index contributed by atoms with van der Waals surface area (Å²) in [5.41, 5.74) is 0.250. The maximum atomic E-state index is 14.0. The Labute approximate surface area is 277 Å². The molecule has 0 aromatic heterocycles. The number of fused-ring (bicyclic) bond motifs is 1. The lowest BCUT2D eigenvalue weighted by Crippen LogP contribution is -2.60. The van der Waals surface area contributed by atoms with Gasteiger partial charge in [0.05, 0.1) is 6.54 Å². The number of aryl methyl sites for hydroxylation is 1. The summed E-state index contributed by atoms with van der Waals surface area (Å²) in [7, 11) is 0. The van der Waals surface area contributed by atoms with Crippen molar-refractivity contribution in [3.63, 3.8) is 0 Å². The summed E-state index contributed by atoms with van der Waals surface area (Å²) < 4.78 is 5.40. The van der Waals surface area contributed by atoms with Crippen LogP contribution >= 0.6 is 0 Å². The Bertz CT molecular complexity index is 1390. The van der Waals surface area contributed by atoms with Crippen LogP contribution in [0.15, 0.2) is 36.9 Å². The molecule has 12 nitrogen and oxygen atoms in total. The van der Waals surface area contributed by atoms with Gasteiger partial charge in [0, 0.05) is 13.1 Å². The van der Waals surface area contributed by atoms with Crippen LogP contribution in [0, 0.1) is 29.6 Å². The summed E-state index contributed by atoms with van der Waals surface area (Å²) in [5.74, 6) is -3.60. The average Bonchev–Trinajstić information content (AvgIpc) is 3.27. The molecule has 2 aliphatic rings. The van der Waals surface area contributed by atoms with Crippen LogP contribution in [0.2, 0.25) is 0 Å². The van der Waals surface area contributed by atoms with Crippen molar-refractivity contribution in [2.75, 3.05) is 13.1 Å². The highest BCUT2D eigenvalue weighted by atomic mass is 16.6. The van der Waals surface area contributed by atoms with Crippen LogP contribution in [-0.4, -0.2) is 77.2 Å². The molecule has 1 aliphatic heterocycles. The summed E-state index contributed by atoms with van der Waals surface area (Å²) in [6.07, 6.45) is 0.621. The number of hydrogen-bond acceptors (Lipinski definition) is 7. The van der Waals surface area contributed by atoms with E-state index in [1.165, 1.54) is 11.0 Å². The van der Waals surface area contributed by atoms with E-state index in [1.807, 2.05) is 65.8 Å². The smallest absolute Gasteiger partial charge is 0.408 e. The zero-order valence-corrected chi connectivity index (χ0v) is 29.1. The highest BCUT2D eigenvalue weighted by Crippen LogP contribution is 2.65. The number of piperidine rings is 1. The Morgan fingerprint density at radius 2 is 1.62 bits per heavy atom. The van der Waals surface area contributed by atoms with Gasteiger partial charge in [0.2, 0.25) is 23.5 Å². The molecule has 1 aromatic carbocycles. The van der Waals surface area contributed by atoms with Crippen molar-refractivity contribution in [1.82, 2.24) is 26.2 Å². The van der Waals surface area contributed by atoms with Crippen LogP contribution in [-0.2, 0) is 35.3 Å². The number of ketones is 1. The number of benzene rings is 1. The lowest BCUT2D eigenvalue weighted by molar-refractivity contribution is -0.145. The SMILES string of the molecule is C=CCC(NC(=O)[C@@H]1C2C(CN1C(=O)[C@@H](NC(=O)OC(C)(C)C)C(C)(C)C)C2(C)C)C(=O)C(=O)NCC(=O)NCc1ccc(C)cc1. The van der Waals surface area contributed by atoms with Crippen LogP contribution in [0.1, 0.15) is 72.9 Å². The second-order valence-corrected chi connectivity index (χ2v) is 15.2. The van der Waals surface area contributed by atoms with Gasteiger partial charge in [-0.25, -0.2) is 4.79 Å². The number of ether oxygens (including phenoxy) is 1. The molecule has 0 bridgehead atoms. The fourth-order valence-corrected chi connectivity index (χ4v) is 6.08. The van der Waals surface area contributed by atoms with Crippen molar-refractivity contribution in [2.24, 2.45) is 22.7 Å². The molecular weight excluding hydrogens is 602 g/mol. The first kappa shape index (κ1) is 37.2. The quantitative estimate of drug-likeness (QED) is 0.199. The third-order valence-electron chi connectivity index (χ3n) is 8.81. The van der Waals surface area contributed by atoms with Gasteiger partial charge in [-0.05, 0) is 62.3 Å². The maximum Gasteiger partial charge on any atom is 0.408 e. The van der Waals surface area contributed by atoms with E-state index in [0.717, 1.165) is 11.1 Å². The van der Waals surface area contributed by atoms with Crippen LogP contribution in [0.25, 0.3) is 0 Å². The van der Waals surface area contributed by atoms with E-state index in [-0.39, 0.29) is 30.2 Å². The third kappa shape index (κ3) is 9.42. The molecular formula is C35H51N5O7. The number of nitrogens with one attached hydrogen (secondary N) is 4. The van der Waals surface area contributed by atoms with Crippen molar-refractivity contribution in [1.29, 1.82) is 0 Å². The van der Waals surface area contributed by atoms with E-state index in [9.17, 15) is 28.8 Å². The number of amides is 5. The molecule has 258 valence electrons. The van der Waals surface area contributed by atoms with Crippen LogP contribution in [0.5, 0.6) is 0 Å². The molecule has 3 rings (SSSR count). The van der Waals surface area contributed by atoms with E-state index >= 15 is 0 Å². The van der Waals surface area contributed by atoms with Crippen LogP contribution in [0.3, 0.4) is 0 Å². The minimum atomic E-state index is -1.26. The fourth-order valence-electron chi connectivity index (χ4n) is 6.08. The van der Waals surface area contributed by atoms with Crippen molar-refractivity contribution in [3.8, 4) is 0 Å². The second-order valence-electron chi connectivity index (χ2n) is 15.2. The van der Waals surface area contributed by atoms with E-state index < -0.39 is 71.2 Å². The lowest BCUT2D eigenvalue weighted by Gasteiger charge is -2.38. The number of hydrogen-bond donors (Lipinski definition) is 4. The highest BCUT2D eigenvalue weighted by molar-refractivity contribution is 6.38. The summed E-state index contributed by atoms with van der Waals surface area (Å²) in [4.78, 5) is 80.4. The summed E-state index contributed by atoms with van der Waals surface area (Å²) in [6.45, 7) is 20.4. The molecule has 4 N–H and O–H groups in total. The Morgan fingerprint density at radius 1 is 1.00 bits per heavy atom. The number of nitrogens with zero attached hydrogens (tertiary/aromatic N) is 1. The van der Waals surface area contributed by atoms with Gasteiger partial charge in [0.15, 0.2) is 0 Å². The molecule has 5 atom stereocenters. The maximum absolute atomic E-state index is 14.0. The summed E-state index contributed by atoms with van der Waals surface area (Å²) in [6, 6.07) is 4.42. The Morgan fingerprint density at radius 3 is 2.17 bits per heavy atom. The van der Waals surface area contributed by atoms with Crippen molar-refractivity contribution in [2.45, 2.75) is 99.0 Å². The van der Waals surface area contributed by atoms with Gasteiger partial charge in [-0.1, -0.05) is 70.5 Å². The molecule has 0 radical (unpaired) electrons. The normalized spacial score (nSPS) is 21.0. The van der Waals surface area contributed by atoms with Gasteiger partial charge >= 0.3 is 6.09 Å². The molecule has 1 saturated carbocycles. The zero-order chi connectivity index (χ0) is 35.5. The fraction of sp³-hybridized carbons (Fsp3) is 0.600. The molecule has 1 saturated heterocycles. The molecule has 2 fully saturated rings. The van der Waals surface area contributed by atoms with Crippen LogP contribution in [0.4, 0.5) is 4.79 Å². The first-order chi connectivity index (χ1) is 21.7. The number of rotatable bonds is 12. The number of alkyl carbamates (subject to hydrolysis) is 1. The first-order valence-corrected chi connectivity index (χ1v) is 16.0. The van der Waals surface area contributed by atoms with E-state index in [2.05, 4.69) is 27.8 Å². The zero-order valence-electron chi connectivity index (χ0n) is 29.1. The van der Waals surface area contributed by atoms with Gasteiger partial charge in [-0.15, -0.1) is 6.58 Å². The molecule has 3 unspecified atom stereocenters.